The van der Waals surface area contributed by atoms with Crippen LogP contribution in [0.1, 0.15) is 123 Å². The topological polar surface area (TPSA) is 23.8 Å². The Labute approximate surface area is 169 Å². The molecule has 3 fully saturated rings. The first kappa shape index (κ1) is 21.2. The summed E-state index contributed by atoms with van der Waals surface area (Å²) in [6.45, 7) is 4.64. The lowest BCUT2D eigenvalue weighted by atomic mass is 9.58. The highest BCUT2D eigenvalue weighted by molar-refractivity contribution is 5.06. The van der Waals surface area contributed by atoms with Crippen molar-refractivity contribution in [2.24, 2.45) is 35.0 Å². The van der Waals surface area contributed by atoms with Gasteiger partial charge in [-0.1, -0.05) is 58.8 Å². The van der Waals surface area contributed by atoms with Crippen LogP contribution in [0.3, 0.4) is 0 Å². The summed E-state index contributed by atoms with van der Waals surface area (Å²) in [7, 11) is 0. The van der Waals surface area contributed by atoms with Gasteiger partial charge in [-0.25, -0.2) is 0 Å². The number of nitrogens with zero attached hydrogens (tertiary/aromatic N) is 1. The van der Waals surface area contributed by atoms with Crippen LogP contribution in [-0.2, 0) is 0 Å². The molecule has 1 nitrogen and oxygen atoms in total. The molecule has 154 valence electrons. The van der Waals surface area contributed by atoms with Gasteiger partial charge < -0.3 is 0 Å². The maximum absolute atomic E-state index is 10.1. The van der Waals surface area contributed by atoms with Crippen LogP contribution < -0.4 is 0 Å². The highest BCUT2D eigenvalue weighted by Gasteiger charge is 2.44. The highest BCUT2D eigenvalue weighted by atomic mass is 14.5. The van der Waals surface area contributed by atoms with Gasteiger partial charge >= 0.3 is 0 Å². The normalized spacial score (nSPS) is 40.4. The van der Waals surface area contributed by atoms with E-state index in [2.05, 4.69) is 19.9 Å². The molecule has 0 bridgehead atoms. The minimum Gasteiger partial charge on any atom is -0.198 e. The third-order valence-electron chi connectivity index (χ3n) is 8.99. The van der Waals surface area contributed by atoms with Crippen LogP contribution >= 0.6 is 0 Å². The molecule has 0 N–H and O–H groups in total. The zero-order valence-corrected chi connectivity index (χ0v) is 18.4. The molecule has 3 rings (SSSR count). The second-order valence-corrected chi connectivity index (χ2v) is 10.5. The number of hydrogen-bond donors (Lipinski definition) is 0. The number of unbranched alkanes of at least 4 members (excludes halogenated alkanes) is 1. The molecule has 0 heterocycles. The lowest BCUT2D eigenvalue weighted by Gasteiger charge is -2.45. The van der Waals surface area contributed by atoms with Gasteiger partial charge in [0.1, 0.15) is 0 Å². The maximum Gasteiger partial charge on any atom is 0.0692 e. The van der Waals surface area contributed by atoms with E-state index in [9.17, 15) is 5.26 Å². The van der Waals surface area contributed by atoms with Gasteiger partial charge in [-0.15, -0.1) is 0 Å². The van der Waals surface area contributed by atoms with Gasteiger partial charge in [0, 0.05) is 0 Å². The Morgan fingerprint density at radius 3 is 1.78 bits per heavy atom. The van der Waals surface area contributed by atoms with Crippen LogP contribution in [-0.4, -0.2) is 0 Å². The van der Waals surface area contributed by atoms with E-state index >= 15 is 0 Å². The van der Waals surface area contributed by atoms with Crippen LogP contribution in [0.2, 0.25) is 0 Å². The molecule has 0 atom stereocenters. The second kappa shape index (κ2) is 10.3. The lowest BCUT2D eigenvalue weighted by molar-refractivity contribution is 0.0649. The smallest absolute Gasteiger partial charge is 0.0692 e. The Bertz CT molecular complexity index is 451. The van der Waals surface area contributed by atoms with E-state index in [0.29, 0.717) is 5.92 Å². The Morgan fingerprint density at radius 1 is 0.704 bits per heavy atom. The maximum atomic E-state index is 10.1. The van der Waals surface area contributed by atoms with Crippen molar-refractivity contribution in [1.29, 1.82) is 5.26 Å². The molecular formula is C26H45N. The van der Waals surface area contributed by atoms with Gasteiger partial charge in [0.25, 0.3) is 0 Å². The fourth-order valence-corrected chi connectivity index (χ4v) is 7.09. The molecule has 3 saturated carbocycles. The van der Waals surface area contributed by atoms with Crippen molar-refractivity contribution < 1.29 is 0 Å². The number of nitriles is 1. The molecule has 1 heteroatoms. The van der Waals surface area contributed by atoms with Crippen molar-refractivity contribution in [3.8, 4) is 6.07 Å². The summed E-state index contributed by atoms with van der Waals surface area (Å²) in [5.74, 6) is 4.67. The Balaban J connectivity index is 1.44. The first-order valence-corrected chi connectivity index (χ1v) is 12.6. The molecular weight excluding hydrogens is 326 g/mol. The van der Waals surface area contributed by atoms with Gasteiger partial charge in [0.15, 0.2) is 0 Å². The van der Waals surface area contributed by atoms with E-state index in [4.69, 9.17) is 0 Å². The molecule has 3 aliphatic carbocycles. The summed E-state index contributed by atoms with van der Waals surface area (Å²) in [5, 5.41) is 10.1. The van der Waals surface area contributed by atoms with Gasteiger partial charge in [0.2, 0.25) is 0 Å². The zero-order chi connectivity index (χ0) is 19.1. The van der Waals surface area contributed by atoms with Crippen LogP contribution in [0.5, 0.6) is 0 Å². The molecule has 0 spiro atoms. The Morgan fingerprint density at radius 2 is 1.26 bits per heavy atom. The average molecular weight is 372 g/mol. The van der Waals surface area contributed by atoms with Crippen molar-refractivity contribution in [2.45, 2.75) is 123 Å². The van der Waals surface area contributed by atoms with Crippen LogP contribution in [0.4, 0.5) is 0 Å². The largest absolute Gasteiger partial charge is 0.198 e. The average Bonchev–Trinajstić information content (AvgIpc) is 2.74. The standard InChI is InChI=1S/C26H45N/c1-3-5-7-22-8-10-23(11-9-22)24-12-14-25(15-13-24)26(20-27)18-16-21(6-4-2)17-19-26/h21-25H,3-19H2,1-2H3/t21-,22-,23-,24-,25-,26+. The minimum absolute atomic E-state index is 0.0486. The molecule has 0 saturated heterocycles. The Kier molecular flexibility index (Phi) is 8.10. The zero-order valence-electron chi connectivity index (χ0n) is 18.4. The fraction of sp³-hybridized carbons (Fsp3) is 0.962. The molecule has 0 aromatic rings. The summed E-state index contributed by atoms with van der Waals surface area (Å²) in [6.07, 6.45) is 23.6. The van der Waals surface area contributed by atoms with Gasteiger partial charge in [-0.3, -0.25) is 0 Å². The molecule has 27 heavy (non-hydrogen) atoms. The fourth-order valence-electron chi connectivity index (χ4n) is 7.09. The quantitative estimate of drug-likeness (QED) is 0.441. The van der Waals surface area contributed by atoms with Crippen LogP contribution in [0, 0.1) is 46.3 Å². The van der Waals surface area contributed by atoms with Crippen molar-refractivity contribution in [3.63, 3.8) is 0 Å². The minimum atomic E-state index is 0.0486. The summed E-state index contributed by atoms with van der Waals surface area (Å²) < 4.78 is 0. The predicted octanol–water partition coefficient (Wildman–Crippen LogP) is 8.29. The van der Waals surface area contributed by atoms with E-state index in [0.717, 1.165) is 23.7 Å². The molecule has 0 unspecified atom stereocenters. The van der Waals surface area contributed by atoms with E-state index in [1.807, 2.05) is 0 Å². The van der Waals surface area contributed by atoms with E-state index in [1.54, 1.807) is 0 Å². The summed E-state index contributed by atoms with van der Waals surface area (Å²) in [5.41, 5.74) is 0.0486. The van der Waals surface area contributed by atoms with E-state index in [1.165, 1.54) is 109 Å². The van der Waals surface area contributed by atoms with Crippen molar-refractivity contribution in [1.82, 2.24) is 0 Å². The van der Waals surface area contributed by atoms with Crippen LogP contribution in [0.15, 0.2) is 0 Å². The third-order valence-corrected chi connectivity index (χ3v) is 8.99. The number of rotatable bonds is 7. The lowest BCUT2D eigenvalue weighted by Crippen LogP contribution is -2.37. The van der Waals surface area contributed by atoms with E-state index in [-0.39, 0.29) is 5.41 Å². The SMILES string of the molecule is CCCC[C@H]1CC[C@H]([C@H]2CC[C@H]([C@]3(C#N)CC[C@H](CCC)CC3)CC2)CC1. The molecule has 0 radical (unpaired) electrons. The van der Waals surface area contributed by atoms with Crippen LogP contribution in [0.25, 0.3) is 0 Å². The summed E-state index contributed by atoms with van der Waals surface area (Å²) in [4.78, 5) is 0. The second-order valence-electron chi connectivity index (χ2n) is 10.5. The summed E-state index contributed by atoms with van der Waals surface area (Å²) in [6, 6.07) is 2.87. The van der Waals surface area contributed by atoms with E-state index < -0.39 is 0 Å². The van der Waals surface area contributed by atoms with Gasteiger partial charge in [-0.05, 0) is 93.8 Å². The molecule has 0 aromatic carbocycles. The highest BCUT2D eigenvalue weighted by Crippen LogP contribution is 2.52. The van der Waals surface area contributed by atoms with Crippen molar-refractivity contribution in [3.05, 3.63) is 0 Å². The molecule has 0 amide bonds. The molecule has 3 aliphatic rings. The Hall–Kier alpha value is -0.510. The van der Waals surface area contributed by atoms with Crippen molar-refractivity contribution in [2.75, 3.05) is 0 Å². The molecule has 0 aliphatic heterocycles. The predicted molar refractivity (Wildman–Crippen MR) is 115 cm³/mol. The summed E-state index contributed by atoms with van der Waals surface area (Å²) >= 11 is 0. The first-order chi connectivity index (χ1) is 13.2. The van der Waals surface area contributed by atoms with Crippen molar-refractivity contribution >= 4 is 0 Å². The third kappa shape index (κ3) is 5.31. The van der Waals surface area contributed by atoms with Gasteiger partial charge in [-0.2, -0.15) is 5.26 Å². The molecule has 0 aromatic heterocycles. The van der Waals surface area contributed by atoms with Gasteiger partial charge in [0.05, 0.1) is 11.5 Å². The monoisotopic (exact) mass is 371 g/mol. The first-order valence-electron chi connectivity index (χ1n) is 12.6. The number of hydrogen-bond acceptors (Lipinski definition) is 1.